The van der Waals surface area contributed by atoms with Crippen molar-refractivity contribution < 1.29 is 23.9 Å². The highest BCUT2D eigenvalue weighted by molar-refractivity contribution is 5.98. The minimum absolute atomic E-state index is 0.155. The number of aryl methyl sites for hydroxylation is 1. The molecular formula is C29H38N4O5. The Balaban J connectivity index is 1.77. The van der Waals surface area contributed by atoms with Gasteiger partial charge in [-0.3, -0.25) is 24.2 Å². The molecule has 1 aliphatic heterocycles. The maximum atomic E-state index is 13.5. The summed E-state index contributed by atoms with van der Waals surface area (Å²) in [4.78, 5) is 55.9. The number of aromatic nitrogens is 1. The Morgan fingerprint density at radius 1 is 0.895 bits per heavy atom. The van der Waals surface area contributed by atoms with E-state index in [2.05, 4.69) is 20.9 Å². The van der Waals surface area contributed by atoms with Crippen LogP contribution in [0.1, 0.15) is 51.7 Å². The Morgan fingerprint density at radius 2 is 1.50 bits per heavy atom. The predicted octanol–water partition coefficient (Wildman–Crippen LogP) is 2.14. The Hall–Kier alpha value is -3.59. The molecule has 3 rings (SSSR count). The molecule has 4 atom stereocenters. The van der Waals surface area contributed by atoms with E-state index in [1.165, 1.54) is 6.92 Å². The Kier molecular flexibility index (Phi) is 10.1. The van der Waals surface area contributed by atoms with Crippen molar-refractivity contribution in [1.82, 2.24) is 20.9 Å². The molecule has 1 aromatic heterocycles. The van der Waals surface area contributed by atoms with Crippen LogP contribution in [0, 0.1) is 5.92 Å². The number of benzene rings is 1. The average Bonchev–Trinajstić information content (AvgIpc) is 3.64. The number of carbonyl (C=O) groups excluding carboxylic acids is 4. The van der Waals surface area contributed by atoms with Gasteiger partial charge in [-0.05, 0) is 55.4 Å². The van der Waals surface area contributed by atoms with E-state index in [9.17, 15) is 19.2 Å². The van der Waals surface area contributed by atoms with Crippen molar-refractivity contribution in [2.24, 2.45) is 5.92 Å². The topological polar surface area (TPSA) is 130 Å². The first-order valence-electron chi connectivity index (χ1n) is 13.1. The first-order valence-corrected chi connectivity index (χ1v) is 13.1. The van der Waals surface area contributed by atoms with Gasteiger partial charge in [-0.1, -0.05) is 44.2 Å². The molecule has 1 fully saturated rings. The van der Waals surface area contributed by atoms with Gasteiger partial charge in [0, 0.05) is 25.7 Å². The molecule has 1 saturated heterocycles. The fraction of sp³-hybridized carbons (Fsp3) is 0.483. The van der Waals surface area contributed by atoms with Gasteiger partial charge in [0.05, 0.1) is 12.6 Å². The first kappa shape index (κ1) is 29.0. The molecule has 3 N–H and O–H groups in total. The second-order valence-corrected chi connectivity index (χ2v) is 10.5. The van der Waals surface area contributed by atoms with Crippen molar-refractivity contribution >= 4 is 23.5 Å². The van der Waals surface area contributed by atoms with E-state index in [0.29, 0.717) is 25.9 Å². The van der Waals surface area contributed by atoms with Crippen LogP contribution in [-0.2, 0) is 36.8 Å². The van der Waals surface area contributed by atoms with Crippen LogP contribution in [0.2, 0.25) is 0 Å². The van der Waals surface area contributed by atoms with Crippen LogP contribution >= 0.6 is 0 Å². The van der Waals surface area contributed by atoms with Crippen LogP contribution in [0.4, 0.5) is 0 Å². The van der Waals surface area contributed by atoms with Gasteiger partial charge in [0.2, 0.25) is 17.7 Å². The third-order valence-electron chi connectivity index (χ3n) is 6.52. The van der Waals surface area contributed by atoms with Crippen LogP contribution in [-0.4, -0.2) is 58.8 Å². The molecule has 0 radical (unpaired) electrons. The normalized spacial score (nSPS) is 18.7. The number of Topliss-reactive ketones (excluding diaryl/α,β-unsaturated/α-hetero) is 1. The second kappa shape index (κ2) is 13.3. The maximum absolute atomic E-state index is 13.5. The Labute approximate surface area is 224 Å². The number of ether oxygens (including phenoxy) is 1. The standard InChI is InChI=1S/C29H38N4O5/c1-19(2)16-24(26(35)29(4)18-38-29)32-28(37)25(17-22-12-14-30-15-13-22)33-27(36)23(31-20(3)34)11-10-21-8-6-5-7-9-21/h5-9,12-15,19,23-25H,10-11,16-18H2,1-4H3,(H,31,34)(H,32,37)(H,33,36). The molecule has 204 valence electrons. The third kappa shape index (κ3) is 8.76. The zero-order valence-electron chi connectivity index (χ0n) is 22.5. The largest absolute Gasteiger partial charge is 0.361 e. The van der Waals surface area contributed by atoms with E-state index in [4.69, 9.17) is 4.74 Å². The number of nitrogens with one attached hydrogen (secondary N) is 3. The minimum Gasteiger partial charge on any atom is -0.361 e. The molecule has 9 nitrogen and oxygen atoms in total. The zero-order chi connectivity index (χ0) is 27.7. The van der Waals surface area contributed by atoms with Crippen LogP contribution in [0.3, 0.4) is 0 Å². The Bertz CT molecular complexity index is 1100. The number of hydrogen-bond donors (Lipinski definition) is 3. The monoisotopic (exact) mass is 522 g/mol. The number of nitrogens with zero attached hydrogens (tertiary/aromatic N) is 1. The number of ketones is 1. The van der Waals surface area contributed by atoms with E-state index >= 15 is 0 Å². The lowest BCUT2D eigenvalue weighted by Crippen LogP contribution is -2.57. The first-order chi connectivity index (χ1) is 18.1. The molecule has 0 bridgehead atoms. The number of epoxide rings is 1. The molecular weight excluding hydrogens is 484 g/mol. The van der Waals surface area contributed by atoms with Crippen LogP contribution in [0.25, 0.3) is 0 Å². The van der Waals surface area contributed by atoms with E-state index in [1.54, 1.807) is 31.5 Å². The van der Waals surface area contributed by atoms with Gasteiger partial charge in [-0.25, -0.2) is 0 Å². The molecule has 2 heterocycles. The molecule has 0 saturated carbocycles. The molecule has 0 aliphatic carbocycles. The highest BCUT2D eigenvalue weighted by Gasteiger charge is 2.50. The van der Waals surface area contributed by atoms with Gasteiger partial charge in [-0.15, -0.1) is 0 Å². The van der Waals surface area contributed by atoms with E-state index < -0.39 is 35.5 Å². The minimum atomic E-state index is -0.965. The maximum Gasteiger partial charge on any atom is 0.243 e. The number of amides is 3. The summed E-state index contributed by atoms with van der Waals surface area (Å²) in [5, 5.41) is 8.41. The van der Waals surface area contributed by atoms with Crippen molar-refractivity contribution in [3.63, 3.8) is 0 Å². The van der Waals surface area contributed by atoms with Crippen molar-refractivity contribution in [2.75, 3.05) is 6.61 Å². The lowest BCUT2D eigenvalue weighted by atomic mass is 9.93. The van der Waals surface area contributed by atoms with Crippen molar-refractivity contribution in [3.8, 4) is 0 Å². The highest BCUT2D eigenvalue weighted by atomic mass is 16.6. The summed E-state index contributed by atoms with van der Waals surface area (Å²) < 4.78 is 5.34. The van der Waals surface area contributed by atoms with Gasteiger partial charge >= 0.3 is 0 Å². The number of hydrogen-bond acceptors (Lipinski definition) is 6. The van der Waals surface area contributed by atoms with E-state index in [0.717, 1.165) is 11.1 Å². The fourth-order valence-corrected chi connectivity index (χ4v) is 4.30. The average molecular weight is 523 g/mol. The van der Waals surface area contributed by atoms with Gasteiger partial charge in [0.15, 0.2) is 5.78 Å². The molecule has 9 heteroatoms. The number of rotatable bonds is 14. The number of pyridine rings is 1. The van der Waals surface area contributed by atoms with Gasteiger partial charge in [-0.2, -0.15) is 0 Å². The molecule has 1 aromatic carbocycles. The highest BCUT2D eigenvalue weighted by Crippen LogP contribution is 2.29. The molecule has 4 unspecified atom stereocenters. The summed E-state index contributed by atoms with van der Waals surface area (Å²) in [5.41, 5.74) is 0.947. The van der Waals surface area contributed by atoms with Crippen molar-refractivity contribution in [1.29, 1.82) is 0 Å². The van der Waals surface area contributed by atoms with Gasteiger partial charge in [0.25, 0.3) is 0 Å². The van der Waals surface area contributed by atoms with Crippen LogP contribution in [0.5, 0.6) is 0 Å². The van der Waals surface area contributed by atoms with Gasteiger partial charge < -0.3 is 20.7 Å². The zero-order valence-corrected chi connectivity index (χ0v) is 22.5. The molecule has 38 heavy (non-hydrogen) atoms. The lowest BCUT2D eigenvalue weighted by Gasteiger charge is -2.26. The third-order valence-corrected chi connectivity index (χ3v) is 6.52. The molecule has 0 spiro atoms. The number of carbonyl (C=O) groups is 4. The van der Waals surface area contributed by atoms with E-state index in [-0.39, 0.29) is 24.0 Å². The summed E-state index contributed by atoms with van der Waals surface area (Å²) in [6.07, 6.45) is 4.81. The summed E-state index contributed by atoms with van der Waals surface area (Å²) >= 11 is 0. The van der Waals surface area contributed by atoms with Crippen LogP contribution in [0.15, 0.2) is 54.9 Å². The summed E-state index contributed by atoms with van der Waals surface area (Å²) in [5.74, 6) is -1.29. The Morgan fingerprint density at radius 3 is 2.08 bits per heavy atom. The summed E-state index contributed by atoms with van der Waals surface area (Å²) in [6.45, 7) is 7.35. The molecule has 1 aliphatic rings. The van der Waals surface area contributed by atoms with E-state index in [1.807, 2.05) is 44.2 Å². The smallest absolute Gasteiger partial charge is 0.243 e. The van der Waals surface area contributed by atoms with Crippen LogP contribution < -0.4 is 16.0 Å². The quantitative estimate of drug-likeness (QED) is 0.326. The fourth-order valence-electron chi connectivity index (χ4n) is 4.30. The SMILES string of the molecule is CC(=O)NC(CCc1ccccc1)C(=O)NC(Cc1ccncc1)C(=O)NC(CC(C)C)C(=O)C1(C)CO1. The summed E-state index contributed by atoms with van der Waals surface area (Å²) in [6, 6.07) is 10.7. The van der Waals surface area contributed by atoms with Gasteiger partial charge in [0.1, 0.15) is 17.7 Å². The lowest BCUT2D eigenvalue weighted by molar-refractivity contribution is -0.134. The summed E-state index contributed by atoms with van der Waals surface area (Å²) in [7, 11) is 0. The molecule has 3 amide bonds. The van der Waals surface area contributed by atoms with Crippen molar-refractivity contribution in [2.45, 2.75) is 77.1 Å². The second-order valence-electron chi connectivity index (χ2n) is 10.5. The predicted molar refractivity (Wildman–Crippen MR) is 143 cm³/mol. The van der Waals surface area contributed by atoms with Crippen molar-refractivity contribution in [3.05, 3.63) is 66.0 Å². The molecule has 2 aromatic rings.